The summed E-state index contributed by atoms with van der Waals surface area (Å²) in [5.74, 6) is 1.38. The van der Waals surface area contributed by atoms with Crippen LogP contribution in [-0.4, -0.2) is 19.5 Å². The lowest BCUT2D eigenvalue weighted by atomic mass is 10.1. The van der Waals surface area contributed by atoms with Gasteiger partial charge in [0, 0.05) is 14.5 Å². The zero-order valence-electron chi connectivity index (χ0n) is 15.3. The van der Waals surface area contributed by atoms with E-state index in [0.717, 1.165) is 37.1 Å². The van der Waals surface area contributed by atoms with Gasteiger partial charge in [0.1, 0.15) is 11.6 Å². The summed E-state index contributed by atoms with van der Waals surface area (Å²) in [4.78, 5) is 26.0. The molecule has 0 saturated heterocycles. The first kappa shape index (κ1) is 18.3. The van der Waals surface area contributed by atoms with Crippen LogP contribution in [0.4, 0.5) is 0 Å². The number of aromatic amines is 1. The Kier molecular flexibility index (Phi) is 4.37. The Morgan fingerprint density at radius 1 is 0.966 bits per heavy atom. The van der Waals surface area contributed by atoms with E-state index in [1.54, 1.807) is 10.6 Å². The van der Waals surface area contributed by atoms with Gasteiger partial charge >= 0.3 is 0 Å². The molecule has 1 N–H and O–H groups in total. The fourth-order valence-corrected chi connectivity index (χ4v) is 4.82. The number of aryl methyl sites for hydroxylation is 1. The fourth-order valence-electron chi connectivity index (χ4n) is 3.51. The minimum atomic E-state index is -0.115. The SMILES string of the molecule is Cc1nc2c(Br)cc(Br)cc2c(=O)n1-c1cccc(-c2nc3ccccc3[nH]2)c1. The number of imidazole rings is 1. The van der Waals surface area contributed by atoms with Crippen molar-refractivity contribution in [2.24, 2.45) is 0 Å². The molecule has 0 aliphatic rings. The van der Waals surface area contributed by atoms with Crippen LogP contribution in [0.2, 0.25) is 0 Å². The largest absolute Gasteiger partial charge is 0.338 e. The molecule has 7 heteroatoms. The summed E-state index contributed by atoms with van der Waals surface area (Å²) < 4.78 is 3.24. The molecule has 0 saturated carbocycles. The van der Waals surface area contributed by atoms with E-state index >= 15 is 0 Å². The van der Waals surface area contributed by atoms with Crippen molar-refractivity contribution in [1.29, 1.82) is 0 Å². The van der Waals surface area contributed by atoms with Crippen molar-refractivity contribution >= 4 is 53.8 Å². The van der Waals surface area contributed by atoms with E-state index in [4.69, 9.17) is 0 Å². The number of halogens is 2. The number of benzene rings is 3. The summed E-state index contributed by atoms with van der Waals surface area (Å²) in [6.45, 7) is 1.84. The van der Waals surface area contributed by atoms with Crippen molar-refractivity contribution < 1.29 is 0 Å². The number of hydrogen-bond acceptors (Lipinski definition) is 3. The molecule has 0 aliphatic carbocycles. The zero-order chi connectivity index (χ0) is 20.1. The first-order valence-electron chi connectivity index (χ1n) is 8.95. The third kappa shape index (κ3) is 3.10. The molecular weight excluding hydrogens is 496 g/mol. The van der Waals surface area contributed by atoms with Gasteiger partial charge in [0.15, 0.2) is 0 Å². The molecule has 0 radical (unpaired) electrons. The summed E-state index contributed by atoms with van der Waals surface area (Å²) in [5.41, 5.74) is 4.07. The van der Waals surface area contributed by atoms with Gasteiger partial charge in [-0.2, -0.15) is 0 Å². The lowest BCUT2D eigenvalue weighted by molar-refractivity contribution is 0.894. The average Bonchev–Trinajstić information content (AvgIpc) is 3.14. The lowest BCUT2D eigenvalue weighted by Gasteiger charge is -2.12. The molecule has 5 rings (SSSR count). The summed E-state index contributed by atoms with van der Waals surface area (Å²) in [5, 5.41) is 0.547. The normalized spacial score (nSPS) is 11.4. The van der Waals surface area contributed by atoms with Crippen LogP contribution in [0.25, 0.3) is 39.0 Å². The van der Waals surface area contributed by atoms with E-state index in [9.17, 15) is 4.79 Å². The molecule has 0 aliphatic heterocycles. The first-order chi connectivity index (χ1) is 14.0. The summed E-state index contributed by atoms with van der Waals surface area (Å²) in [7, 11) is 0. The van der Waals surface area contributed by atoms with Crippen molar-refractivity contribution in [2.75, 3.05) is 0 Å². The average molecular weight is 510 g/mol. The Balaban J connectivity index is 1.71. The smallest absolute Gasteiger partial charge is 0.266 e. The number of H-pyrrole nitrogens is 1. The predicted molar refractivity (Wildman–Crippen MR) is 123 cm³/mol. The van der Waals surface area contributed by atoms with Crippen molar-refractivity contribution in [1.82, 2.24) is 19.5 Å². The highest BCUT2D eigenvalue weighted by atomic mass is 79.9. The summed E-state index contributed by atoms with van der Waals surface area (Å²) in [6.07, 6.45) is 0. The van der Waals surface area contributed by atoms with Gasteiger partial charge in [-0.05, 0) is 59.3 Å². The molecule has 0 fully saturated rings. The second-order valence-electron chi connectivity index (χ2n) is 6.74. The highest BCUT2D eigenvalue weighted by molar-refractivity contribution is 9.11. The Labute approximate surface area is 182 Å². The molecule has 0 bridgehead atoms. The first-order valence-corrected chi connectivity index (χ1v) is 10.5. The molecular formula is C22H14Br2N4O. The number of aromatic nitrogens is 4. The van der Waals surface area contributed by atoms with Gasteiger partial charge in [0.2, 0.25) is 0 Å². The fraction of sp³-hybridized carbons (Fsp3) is 0.0455. The Hall–Kier alpha value is -2.77. The minimum absolute atomic E-state index is 0.115. The zero-order valence-corrected chi connectivity index (χ0v) is 18.5. The highest BCUT2D eigenvalue weighted by Crippen LogP contribution is 2.27. The highest BCUT2D eigenvalue weighted by Gasteiger charge is 2.14. The molecule has 5 nitrogen and oxygen atoms in total. The molecule has 2 aromatic heterocycles. The van der Waals surface area contributed by atoms with E-state index in [0.29, 0.717) is 16.7 Å². The minimum Gasteiger partial charge on any atom is -0.338 e. The van der Waals surface area contributed by atoms with Crippen molar-refractivity contribution in [2.45, 2.75) is 6.92 Å². The number of fused-ring (bicyclic) bond motifs is 2. The van der Waals surface area contributed by atoms with E-state index in [2.05, 4.69) is 46.8 Å². The van der Waals surface area contributed by atoms with Crippen LogP contribution in [0, 0.1) is 6.92 Å². The van der Waals surface area contributed by atoms with Crippen LogP contribution in [0.1, 0.15) is 5.82 Å². The third-order valence-electron chi connectivity index (χ3n) is 4.83. The van der Waals surface area contributed by atoms with Crippen LogP contribution >= 0.6 is 31.9 Å². The molecule has 3 aromatic carbocycles. The van der Waals surface area contributed by atoms with E-state index in [1.165, 1.54) is 0 Å². The number of hydrogen-bond donors (Lipinski definition) is 1. The van der Waals surface area contributed by atoms with Crippen LogP contribution < -0.4 is 5.56 Å². The van der Waals surface area contributed by atoms with Crippen molar-refractivity contribution in [3.8, 4) is 17.1 Å². The molecule has 29 heavy (non-hydrogen) atoms. The summed E-state index contributed by atoms with van der Waals surface area (Å²) >= 11 is 6.96. The molecule has 142 valence electrons. The molecule has 5 aromatic rings. The van der Waals surface area contributed by atoms with Gasteiger partial charge in [-0.3, -0.25) is 9.36 Å². The maximum absolute atomic E-state index is 13.3. The van der Waals surface area contributed by atoms with Crippen LogP contribution in [-0.2, 0) is 0 Å². The lowest BCUT2D eigenvalue weighted by Crippen LogP contribution is -2.22. The monoisotopic (exact) mass is 508 g/mol. The predicted octanol–water partition coefficient (Wildman–Crippen LogP) is 5.76. The number of para-hydroxylation sites is 2. The van der Waals surface area contributed by atoms with E-state index < -0.39 is 0 Å². The second kappa shape index (κ2) is 6.93. The molecule has 0 amide bonds. The van der Waals surface area contributed by atoms with Gasteiger partial charge < -0.3 is 4.98 Å². The van der Waals surface area contributed by atoms with Crippen LogP contribution in [0.3, 0.4) is 0 Å². The van der Waals surface area contributed by atoms with Crippen molar-refractivity contribution in [3.63, 3.8) is 0 Å². The van der Waals surface area contributed by atoms with E-state index in [1.807, 2.05) is 61.5 Å². The third-order valence-corrected chi connectivity index (χ3v) is 5.89. The van der Waals surface area contributed by atoms with E-state index in [-0.39, 0.29) is 5.56 Å². The number of nitrogens with one attached hydrogen (secondary N) is 1. The maximum Gasteiger partial charge on any atom is 0.266 e. The van der Waals surface area contributed by atoms with Gasteiger partial charge in [-0.1, -0.05) is 40.2 Å². The topological polar surface area (TPSA) is 63.6 Å². The number of rotatable bonds is 2. The van der Waals surface area contributed by atoms with Gasteiger partial charge in [0.25, 0.3) is 5.56 Å². The maximum atomic E-state index is 13.3. The quantitative estimate of drug-likeness (QED) is 0.329. The Bertz CT molecular complexity index is 1440. The standard InChI is InChI=1S/C22H14Br2N4O/c1-12-25-20-16(10-14(23)11-17(20)24)22(29)28(12)15-6-4-5-13(9-15)21-26-18-7-2-3-8-19(18)27-21/h2-11H,1H3,(H,26,27). The van der Waals surface area contributed by atoms with Crippen LogP contribution in [0.5, 0.6) is 0 Å². The van der Waals surface area contributed by atoms with Gasteiger partial charge in [-0.25, -0.2) is 9.97 Å². The Morgan fingerprint density at radius 3 is 2.62 bits per heavy atom. The molecule has 0 spiro atoms. The molecule has 0 atom stereocenters. The van der Waals surface area contributed by atoms with Gasteiger partial charge in [-0.15, -0.1) is 0 Å². The molecule has 0 unspecified atom stereocenters. The molecule has 2 heterocycles. The Morgan fingerprint density at radius 2 is 1.79 bits per heavy atom. The second-order valence-corrected chi connectivity index (χ2v) is 8.51. The van der Waals surface area contributed by atoms with Gasteiger partial charge in [0.05, 0.1) is 27.6 Å². The number of nitrogens with zero attached hydrogens (tertiary/aromatic N) is 3. The van der Waals surface area contributed by atoms with Crippen LogP contribution in [0.15, 0.2) is 74.4 Å². The summed E-state index contributed by atoms with van der Waals surface area (Å²) in [6, 6.07) is 19.3. The van der Waals surface area contributed by atoms with Crippen molar-refractivity contribution in [3.05, 3.63) is 85.8 Å².